The SMILES string of the molecule is CCCC(=O)N1CCCC1C(=O)N1CCCC1Cc1ccc(C)cc1. The third kappa shape index (κ3) is 4.05. The van der Waals surface area contributed by atoms with Crippen LogP contribution in [0.3, 0.4) is 0 Å². The molecule has 2 atom stereocenters. The number of benzene rings is 1. The minimum absolute atomic E-state index is 0.146. The summed E-state index contributed by atoms with van der Waals surface area (Å²) in [5.74, 6) is 0.323. The summed E-state index contributed by atoms with van der Waals surface area (Å²) in [5.41, 5.74) is 2.56. The molecule has 0 spiro atoms. The molecule has 4 heteroatoms. The van der Waals surface area contributed by atoms with Crippen LogP contribution in [0.15, 0.2) is 24.3 Å². The molecule has 0 saturated carbocycles. The molecule has 0 N–H and O–H groups in total. The summed E-state index contributed by atoms with van der Waals surface area (Å²) in [6, 6.07) is 8.67. The fourth-order valence-electron chi connectivity index (χ4n) is 4.21. The highest BCUT2D eigenvalue weighted by molar-refractivity contribution is 5.88. The molecule has 136 valence electrons. The Balaban J connectivity index is 1.67. The summed E-state index contributed by atoms with van der Waals surface area (Å²) in [4.78, 5) is 29.4. The standard InChI is InChI=1S/C21H30N2O2/c1-3-6-20(24)23-14-5-8-19(23)21(25)22-13-4-7-18(22)15-17-11-9-16(2)10-12-17/h9-12,18-19H,3-8,13-15H2,1-2H3. The lowest BCUT2D eigenvalue weighted by Crippen LogP contribution is -2.49. The van der Waals surface area contributed by atoms with Crippen LogP contribution in [0.2, 0.25) is 0 Å². The van der Waals surface area contributed by atoms with Crippen molar-refractivity contribution in [3.63, 3.8) is 0 Å². The Morgan fingerprint density at radius 3 is 2.44 bits per heavy atom. The molecule has 4 nitrogen and oxygen atoms in total. The normalized spacial score (nSPS) is 23.3. The second-order valence-corrected chi connectivity index (χ2v) is 7.51. The molecular formula is C21H30N2O2. The molecule has 25 heavy (non-hydrogen) atoms. The van der Waals surface area contributed by atoms with E-state index in [1.807, 2.05) is 11.8 Å². The van der Waals surface area contributed by atoms with E-state index in [1.165, 1.54) is 11.1 Å². The van der Waals surface area contributed by atoms with Gasteiger partial charge in [-0.3, -0.25) is 9.59 Å². The highest BCUT2D eigenvalue weighted by Crippen LogP contribution is 2.27. The quantitative estimate of drug-likeness (QED) is 0.823. The number of carbonyl (C=O) groups excluding carboxylic acids is 2. The third-order valence-corrected chi connectivity index (χ3v) is 5.57. The maximum Gasteiger partial charge on any atom is 0.245 e. The Kier molecular flexibility index (Phi) is 5.77. The van der Waals surface area contributed by atoms with E-state index in [2.05, 4.69) is 36.1 Å². The van der Waals surface area contributed by atoms with Crippen molar-refractivity contribution < 1.29 is 9.59 Å². The summed E-state index contributed by atoms with van der Waals surface area (Å²) in [7, 11) is 0. The second kappa shape index (κ2) is 8.03. The van der Waals surface area contributed by atoms with Gasteiger partial charge >= 0.3 is 0 Å². The van der Waals surface area contributed by atoms with Gasteiger partial charge in [0.25, 0.3) is 0 Å². The predicted molar refractivity (Wildman–Crippen MR) is 99.3 cm³/mol. The van der Waals surface area contributed by atoms with Gasteiger partial charge in [0.05, 0.1) is 0 Å². The van der Waals surface area contributed by atoms with Crippen molar-refractivity contribution in [1.82, 2.24) is 9.80 Å². The molecule has 0 radical (unpaired) electrons. The summed E-state index contributed by atoms with van der Waals surface area (Å²) in [6.45, 7) is 5.69. The van der Waals surface area contributed by atoms with E-state index in [0.29, 0.717) is 6.42 Å². The molecule has 2 amide bonds. The number of aryl methyl sites for hydroxylation is 1. The minimum atomic E-state index is -0.224. The number of nitrogens with zero attached hydrogens (tertiary/aromatic N) is 2. The molecule has 1 aromatic rings. The largest absolute Gasteiger partial charge is 0.338 e. The first-order chi connectivity index (χ1) is 12.1. The van der Waals surface area contributed by atoms with Gasteiger partial charge in [-0.25, -0.2) is 0 Å². The minimum Gasteiger partial charge on any atom is -0.338 e. The molecule has 2 aliphatic heterocycles. The molecule has 0 aromatic heterocycles. The molecule has 2 unspecified atom stereocenters. The van der Waals surface area contributed by atoms with E-state index in [1.54, 1.807) is 0 Å². The zero-order chi connectivity index (χ0) is 17.8. The van der Waals surface area contributed by atoms with Crippen LogP contribution in [0.25, 0.3) is 0 Å². The van der Waals surface area contributed by atoms with E-state index in [0.717, 1.165) is 51.6 Å². The van der Waals surface area contributed by atoms with Gasteiger partial charge in [-0.2, -0.15) is 0 Å². The van der Waals surface area contributed by atoms with Crippen molar-refractivity contribution in [2.24, 2.45) is 0 Å². The Morgan fingerprint density at radius 1 is 1.04 bits per heavy atom. The maximum absolute atomic E-state index is 13.2. The van der Waals surface area contributed by atoms with Crippen molar-refractivity contribution in [3.05, 3.63) is 35.4 Å². The fourth-order valence-corrected chi connectivity index (χ4v) is 4.21. The van der Waals surface area contributed by atoms with E-state index in [-0.39, 0.29) is 23.9 Å². The highest BCUT2D eigenvalue weighted by atomic mass is 16.2. The monoisotopic (exact) mass is 342 g/mol. The lowest BCUT2D eigenvalue weighted by molar-refractivity contribution is -0.144. The molecule has 2 heterocycles. The topological polar surface area (TPSA) is 40.6 Å². The van der Waals surface area contributed by atoms with Gasteiger partial charge in [-0.15, -0.1) is 0 Å². The van der Waals surface area contributed by atoms with Gasteiger partial charge in [-0.1, -0.05) is 36.8 Å². The van der Waals surface area contributed by atoms with E-state index in [9.17, 15) is 9.59 Å². The summed E-state index contributed by atoms with van der Waals surface area (Å²) in [5, 5.41) is 0. The first kappa shape index (κ1) is 18.0. The molecular weight excluding hydrogens is 312 g/mol. The molecule has 1 aromatic carbocycles. The molecule has 3 rings (SSSR count). The van der Waals surface area contributed by atoms with Gasteiger partial charge < -0.3 is 9.80 Å². The Labute approximate surface area is 151 Å². The van der Waals surface area contributed by atoms with Crippen LogP contribution in [0.1, 0.15) is 56.6 Å². The Bertz CT molecular complexity index is 611. The van der Waals surface area contributed by atoms with E-state index < -0.39 is 0 Å². The third-order valence-electron chi connectivity index (χ3n) is 5.57. The second-order valence-electron chi connectivity index (χ2n) is 7.51. The number of carbonyl (C=O) groups is 2. The van der Waals surface area contributed by atoms with Crippen LogP contribution in [0, 0.1) is 6.92 Å². The summed E-state index contributed by atoms with van der Waals surface area (Å²) < 4.78 is 0. The fraction of sp³-hybridized carbons (Fsp3) is 0.619. The van der Waals surface area contributed by atoms with E-state index in [4.69, 9.17) is 0 Å². The zero-order valence-electron chi connectivity index (χ0n) is 15.5. The van der Waals surface area contributed by atoms with Crippen LogP contribution in [0.5, 0.6) is 0 Å². The first-order valence-corrected chi connectivity index (χ1v) is 9.75. The van der Waals surface area contributed by atoms with Crippen LogP contribution in [-0.4, -0.2) is 46.8 Å². The smallest absolute Gasteiger partial charge is 0.245 e. The molecule has 2 aliphatic rings. The predicted octanol–water partition coefficient (Wildman–Crippen LogP) is 3.32. The molecule has 2 saturated heterocycles. The van der Waals surface area contributed by atoms with Crippen molar-refractivity contribution in [2.75, 3.05) is 13.1 Å². The lowest BCUT2D eigenvalue weighted by atomic mass is 10.0. The van der Waals surface area contributed by atoms with Crippen molar-refractivity contribution in [1.29, 1.82) is 0 Å². The van der Waals surface area contributed by atoms with Crippen LogP contribution < -0.4 is 0 Å². The van der Waals surface area contributed by atoms with Crippen LogP contribution in [0.4, 0.5) is 0 Å². The van der Waals surface area contributed by atoms with Gasteiger partial charge in [0, 0.05) is 25.6 Å². The van der Waals surface area contributed by atoms with Crippen LogP contribution >= 0.6 is 0 Å². The van der Waals surface area contributed by atoms with Gasteiger partial charge in [-0.05, 0) is 51.0 Å². The lowest BCUT2D eigenvalue weighted by Gasteiger charge is -2.31. The maximum atomic E-state index is 13.2. The van der Waals surface area contributed by atoms with Crippen molar-refractivity contribution in [2.45, 2.75) is 70.9 Å². The summed E-state index contributed by atoms with van der Waals surface area (Å²) in [6.07, 6.45) is 6.21. The molecule has 0 bridgehead atoms. The average Bonchev–Trinajstić information content (AvgIpc) is 3.26. The van der Waals surface area contributed by atoms with Gasteiger partial charge in [0.2, 0.25) is 11.8 Å². The van der Waals surface area contributed by atoms with Crippen molar-refractivity contribution in [3.8, 4) is 0 Å². The number of likely N-dealkylation sites (tertiary alicyclic amines) is 2. The Hall–Kier alpha value is -1.84. The number of hydrogen-bond donors (Lipinski definition) is 0. The zero-order valence-corrected chi connectivity index (χ0v) is 15.5. The summed E-state index contributed by atoms with van der Waals surface area (Å²) >= 11 is 0. The van der Waals surface area contributed by atoms with Crippen molar-refractivity contribution >= 4 is 11.8 Å². The highest BCUT2D eigenvalue weighted by Gasteiger charge is 2.39. The number of hydrogen-bond acceptors (Lipinski definition) is 2. The average molecular weight is 342 g/mol. The number of rotatable bonds is 5. The van der Waals surface area contributed by atoms with E-state index >= 15 is 0 Å². The molecule has 2 fully saturated rings. The molecule has 0 aliphatic carbocycles. The number of amides is 2. The van der Waals surface area contributed by atoms with Gasteiger partial charge in [0.15, 0.2) is 0 Å². The Morgan fingerprint density at radius 2 is 1.72 bits per heavy atom. The van der Waals surface area contributed by atoms with Gasteiger partial charge in [0.1, 0.15) is 6.04 Å². The first-order valence-electron chi connectivity index (χ1n) is 9.75. The van der Waals surface area contributed by atoms with Crippen LogP contribution in [-0.2, 0) is 16.0 Å².